The van der Waals surface area contributed by atoms with Gasteiger partial charge in [0.05, 0.1) is 5.69 Å². The first-order valence-electron chi connectivity index (χ1n) is 4.70. The zero-order valence-electron chi connectivity index (χ0n) is 8.79. The molecule has 13 heavy (non-hydrogen) atoms. The Labute approximate surface area is 79.7 Å². The van der Waals surface area contributed by atoms with E-state index in [-0.39, 0.29) is 0 Å². The van der Waals surface area contributed by atoms with Gasteiger partial charge in [-0.1, -0.05) is 19.9 Å². The predicted octanol–water partition coefficient (Wildman–Crippen LogP) is 3.35. The average Bonchev–Trinajstić information content (AvgIpc) is 2.30. The second-order valence-electron chi connectivity index (χ2n) is 3.73. The fourth-order valence-corrected chi connectivity index (χ4v) is 1.01. The van der Waals surface area contributed by atoms with E-state index >= 15 is 0 Å². The molecule has 0 bridgehead atoms. The van der Waals surface area contributed by atoms with E-state index in [9.17, 15) is 0 Å². The fourth-order valence-electron chi connectivity index (χ4n) is 1.01. The highest BCUT2D eigenvalue weighted by Crippen LogP contribution is 2.10. The Morgan fingerprint density at radius 2 is 2.08 bits per heavy atom. The minimum absolute atomic E-state index is 0.688. The van der Waals surface area contributed by atoms with E-state index in [2.05, 4.69) is 24.9 Å². The van der Waals surface area contributed by atoms with Gasteiger partial charge in [-0.25, -0.2) is 4.98 Å². The van der Waals surface area contributed by atoms with E-state index in [1.165, 1.54) is 0 Å². The van der Waals surface area contributed by atoms with Crippen molar-refractivity contribution < 1.29 is 4.42 Å². The molecule has 0 spiro atoms. The Morgan fingerprint density at radius 1 is 1.38 bits per heavy atom. The molecule has 0 N–H and O–H groups in total. The molecule has 1 aromatic heterocycles. The molecule has 0 saturated carbocycles. The van der Waals surface area contributed by atoms with Gasteiger partial charge in [0.25, 0.3) is 0 Å². The van der Waals surface area contributed by atoms with Crippen LogP contribution in [-0.2, 0) is 0 Å². The molecule has 72 valence electrons. The normalized spacial score (nSPS) is 11.8. The van der Waals surface area contributed by atoms with Crippen molar-refractivity contribution in [3.05, 3.63) is 23.4 Å². The number of oxazole rings is 1. The number of hydrogen-bond acceptors (Lipinski definition) is 2. The van der Waals surface area contributed by atoms with Gasteiger partial charge in [0.1, 0.15) is 5.76 Å². The summed E-state index contributed by atoms with van der Waals surface area (Å²) < 4.78 is 5.40. The lowest BCUT2D eigenvalue weighted by molar-refractivity contribution is 0.515. The second-order valence-corrected chi connectivity index (χ2v) is 3.73. The fraction of sp³-hybridized carbons (Fsp3) is 0.545. The van der Waals surface area contributed by atoms with Gasteiger partial charge in [0, 0.05) is 0 Å². The number of aryl methyl sites for hydroxylation is 2. The molecule has 0 fully saturated rings. The Morgan fingerprint density at radius 3 is 2.54 bits per heavy atom. The topological polar surface area (TPSA) is 26.0 Å². The maximum absolute atomic E-state index is 5.40. The minimum atomic E-state index is 0.688. The smallest absolute Gasteiger partial charge is 0.218 e. The third-order valence-electron chi connectivity index (χ3n) is 1.91. The van der Waals surface area contributed by atoms with Crippen LogP contribution in [0.5, 0.6) is 0 Å². The second kappa shape index (κ2) is 4.26. The maximum atomic E-state index is 5.40. The quantitative estimate of drug-likeness (QED) is 0.711. The van der Waals surface area contributed by atoms with E-state index in [0.717, 1.165) is 23.8 Å². The SMILES string of the molecule is Cc1nc(/C=C/CC(C)C)oc1C. The first-order chi connectivity index (χ1) is 6.09. The van der Waals surface area contributed by atoms with Crippen molar-refractivity contribution in [3.63, 3.8) is 0 Å². The van der Waals surface area contributed by atoms with Crippen LogP contribution >= 0.6 is 0 Å². The van der Waals surface area contributed by atoms with Crippen molar-refractivity contribution in [2.24, 2.45) is 5.92 Å². The van der Waals surface area contributed by atoms with Crippen molar-refractivity contribution in [3.8, 4) is 0 Å². The molecule has 0 radical (unpaired) electrons. The molecule has 2 heteroatoms. The van der Waals surface area contributed by atoms with Crippen LogP contribution in [0.15, 0.2) is 10.5 Å². The highest BCUT2D eigenvalue weighted by Gasteiger charge is 2.00. The lowest BCUT2D eigenvalue weighted by atomic mass is 10.1. The summed E-state index contributed by atoms with van der Waals surface area (Å²) in [4.78, 5) is 4.25. The highest BCUT2D eigenvalue weighted by atomic mass is 16.4. The molecule has 0 amide bonds. The van der Waals surface area contributed by atoms with Crippen molar-refractivity contribution in [2.45, 2.75) is 34.1 Å². The first kappa shape index (κ1) is 10.0. The third-order valence-corrected chi connectivity index (χ3v) is 1.91. The lowest BCUT2D eigenvalue weighted by Gasteiger charge is -1.94. The zero-order chi connectivity index (χ0) is 9.84. The maximum Gasteiger partial charge on any atom is 0.218 e. The monoisotopic (exact) mass is 179 g/mol. The molecular formula is C11H17NO. The van der Waals surface area contributed by atoms with Crippen LogP contribution in [0, 0.1) is 19.8 Å². The number of allylic oxidation sites excluding steroid dienone is 1. The van der Waals surface area contributed by atoms with Crippen LogP contribution in [0.2, 0.25) is 0 Å². The summed E-state index contributed by atoms with van der Waals surface area (Å²) in [7, 11) is 0. The molecule has 0 unspecified atom stereocenters. The first-order valence-corrected chi connectivity index (χ1v) is 4.70. The molecule has 1 heterocycles. The molecule has 0 atom stereocenters. The Balaban J connectivity index is 2.59. The molecular weight excluding hydrogens is 162 g/mol. The van der Waals surface area contributed by atoms with Gasteiger partial charge in [0.15, 0.2) is 0 Å². The van der Waals surface area contributed by atoms with E-state index in [4.69, 9.17) is 4.42 Å². The summed E-state index contributed by atoms with van der Waals surface area (Å²) in [5.74, 6) is 2.31. The molecule has 0 aromatic carbocycles. The summed E-state index contributed by atoms with van der Waals surface area (Å²) in [6, 6.07) is 0. The van der Waals surface area contributed by atoms with E-state index in [0.29, 0.717) is 5.92 Å². The highest BCUT2D eigenvalue weighted by molar-refractivity contribution is 5.38. The molecule has 0 aliphatic heterocycles. The molecule has 1 rings (SSSR count). The van der Waals surface area contributed by atoms with Crippen molar-refractivity contribution in [1.29, 1.82) is 0 Å². The van der Waals surface area contributed by atoms with E-state index < -0.39 is 0 Å². The summed E-state index contributed by atoms with van der Waals surface area (Å²) in [6.45, 7) is 8.27. The average molecular weight is 179 g/mol. The van der Waals surface area contributed by atoms with Crippen LogP contribution in [0.25, 0.3) is 6.08 Å². The molecule has 0 aliphatic carbocycles. The van der Waals surface area contributed by atoms with Crippen molar-refractivity contribution >= 4 is 6.08 Å². The lowest BCUT2D eigenvalue weighted by Crippen LogP contribution is -1.81. The third kappa shape index (κ3) is 3.05. The number of rotatable bonds is 3. The minimum Gasteiger partial charge on any atom is -0.442 e. The van der Waals surface area contributed by atoms with Gasteiger partial charge < -0.3 is 4.42 Å². The summed E-state index contributed by atoms with van der Waals surface area (Å²) in [5, 5.41) is 0. The van der Waals surface area contributed by atoms with Crippen molar-refractivity contribution in [1.82, 2.24) is 4.98 Å². The summed E-state index contributed by atoms with van der Waals surface area (Å²) in [6.07, 6.45) is 5.12. The van der Waals surface area contributed by atoms with Gasteiger partial charge >= 0.3 is 0 Å². The van der Waals surface area contributed by atoms with Crippen LogP contribution in [-0.4, -0.2) is 4.98 Å². The van der Waals surface area contributed by atoms with Gasteiger partial charge in [-0.3, -0.25) is 0 Å². The van der Waals surface area contributed by atoms with E-state index in [1.54, 1.807) is 0 Å². The molecule has 0 aliphatic rings. The van der Waals surface area contributed by atoms with Gasteiger partial charge in [-0.2, -0.15) is 0 Å². The van der Waals surface area contributed by atoms with Crippen LogP contribution in [0.4, 0.5) is 0 Å². The zero-order valence-corrected chi connectivity index (χ0v) is 8.79. The number of aromatic nitrogens is 1. The van der Waals surface area contributed by atoms with Crippen molar-refractivity contribution in [2.75, 3.05) is 0 Å². The van der Waals surface area contributed by atoms with E-state index in [1.807, 2.05) is 19.9 Å². The van der Waals surface area contributed by atoms with Gasteiger partial charge in [-0.15, -0.1) is 0 Å². The number of nitrogens with zero attached hydrogens (tertiary/aromatic N) is 1. The van der Waals surface area contributed by atoms with Crippen LogP contribution < -0.4 is 0 Å². The summed E-state index contributed by atoms with van der Waals surface area (Å²) >= 11 is 0. The predicted molar refractivity (Wildman–Crippen MR) is 54.5 cm³/mol. The Kier molecular flexibility index (Phi) is 3.29. The van der Waals surface area contributed by atoms with Gasteiger partial charge in [-0.05, 0) is 32.3 Å². The molecule has 1 aromatic rings. The van der Waals surface area contributed by atoms with Gasteiger partial charge in [0.2, 0.25) is 5.89 Å². The Bertz CT molecular complexity index is 278. The molecule has 2 nitrogen and oxygen atoms in total. The van der Waals surface area contributed by atoms with Crippen LogP contribution in [0.1, 0.15) is 37.6 Å². The summed E-state index contributed by atoms with van der Waals surface area (Å²) in [5.41, 5.74) is 0.976. The Hall–Kier alpha value is -1.05. The number of hydrogen-bond donors (Lipinski definition) is 0. The standard InChI is InChI=1S/C11H17NO/c1-8(2)6-5-7-11-12-9(3)10(4)13-11/h5,7-8H,6H2,1-4H3/b7-5+. The largest absolute Gasteiger partial charge is 0.442 e. The van der Waals surface area contributed by atoms with Crippen LogP contribution in [0.3, 0.4) is 0 Å². The molecule has 0 saturated heterocycles.